The highest BCUT2D eigenvalue weighted by Gasteiger charge is 2.31. The van der Waals surface area contributed by atoms with Gasteiger partial charge in [-0.1, -0.05) is 30.3 Å². The normalized spacial score (nSPS) is 17.3. The molecule has 0 aliphatic heterocycles. The van der Waals surface area contributed by atoms with Crippen molar-refractivity contribution in [2.45, 2.75) is 38.3 Å². The van der Waals surface area contributed by atoms with E-state index in [1.165, 1.54) is 0 Å². The first-order valence-corrected chi connectivity index (χ1v) is 6.58. The lowest BCUT2D eigenvalue weighted by molar-refractivity contribution is 0.0941. The molecule has 2 atom stereocenters. The lowest BCUT2D eigenvalue weighted by Gasteiger charge is -2.16. The molecule has 101 valence electrons. The van der Waals surface area contributed by atoms with E-state index in [1.807, 2.05) is 43.5 Å². The average molecular weight is 260 g/mol. The molecule has 1 radical (unpaired) electrons. The fourth-order valence-corrected chi connectivity index (χ4v) is 1.98. The van der Waals surface area contributed by atoms with Crippen LogP contribution in [0.25, 0.3) is 0 Å². The van der Waals surface area contributed by atoms with Crippen molar-refractivity contribution in [3.8, 4) is 0 Å². The number of carbonyl (C=O) groups is 1. The molecule has 1 amide bonds. The van der Waals surface area contributed by atoms with E-state index in [-0.39, 0.29) is 6.10 Å². The van der Waals surface area contributed by atoms with Crippen molar-refractivity contribution in [2.24, 2.45) is 5.92 Å². The third-order valence-electron chi connectivity index (χ3n) is 3.30. The summed E-state index contributed by atoms with van der Waals surface area (Å²) < 4.78 is 5.22. The van der Waals surface area contributed by atoms with Gasteiger partial charge >= 0.3 is 6.09 Å². The van der Waals surface area contributed by atoms with Gasteiger partial charge in [-0.2, -0.15) is 0 Å². The molecule has 2 rings (SSSR count). The zero-order chi connectivity index (χ0) is 13.7. The second kappa shape index (κ2) is 6.36. The third kappa shape index (κ3) is 4.39. The molecule has 2 unspecified atom stereocenters. The van der Waals surface area contributed by atoms with Crippen molar-refractivity contribution >= 4 is 12.4 Å². The topological polar surface area (TPSA) is 55.4 Å². The second-order valence-electron chi connectivity index (χ2n) is 4.95. The molecule has 19 heavy (non-hydrogen) atoms. The summed E-state index contributed by atoms with van der Waals surface area (Å²) in [4.78, 5) is 22.5. The van der Waals surface area contributed by atoms with Crippen LogP contribution in [0.2, 0.25) is 0 Å². The third-order valence-corrected chi connectivity index (χ3v) is 3.30. The van der Waals surface area contributed by atoms with E-state index in [0.29, 0.717) is 12.3 Å². The zero-order valence-corrected chi connectivity index (χ0v) is 11.0. The van der Waals surface area contributed by atoms with Crippen molar-refractivity contribution in [2.75, 3.05) is 0 Å². The number of nitrogens with one attached hydrogen (secondary N) is 1. The first-order valence-electron chi connectivity index (χ1n) is 6.58. The molecule has 0 saturated heterocycles. The average Bonchev–Trinajstić information content (AvgIpc) is 3.23. The van der Waals surface area contributed by atoms with Crippen LogP contribution in [0.4, 0.5) is 4.79 Å². The van der Waals surface area contributed by atoms with Gasteiger partial charge < -0.3 is 10.1 Å². The zero-order valence-electron chi connectivity index (χ0n) is 11.0. The van der Waals surface area contributed by atoms with Crippen LogP contribution in [0.3, 0.4) is 0 Å². The van der Waals surface area contributed by atoms with E-state index < -0.39 is 12.1 Å². The summed E-state index contributed by atoms with van der Waals surface area (Å²) in [5.74, 6) is 0.485. The number of hydrogen-bond donors (Lipinski definition) is 1. The lowest BCUT2D eigenvalue weighted by atomic mass is 10.1. The summed E-state index contributed by atoms with van der Waals surface area (Å²) in [7, 11) is 0. The molecule has 1 aliphatic carbocycles. The Morgan fingerprint density at radius 2 is 2.11 bits per heavy atom. The van der Waals surface area contributed by atoms with Crippen molar-refractivity contribution < 1.29 is 14.3 Å². The van der Waals surface area contributed by atoms with Crippen LogP contribution in [0, 0.1) is 5.92 Å². The summed E-state index contributed by atoms with van der Waals surface area (Å²) >= 11 is 0. The highest BCUT2D eigenvalue weighted by molar-refractivity contribution is 5.73. The smallest absolute Gasteiger partial charge is 0.408 e. The Morgan fingerprint density at radius 1 is 1.42 bits per heavy atom. The molecule has 4 nitrogen and oxygen atoms in total. The van der Waals surface area contributed by atoms with Gasteiger partial charge in [0, 0.05) is 6.42 Å². The minimum Gasteiger partial charge on any atom is -0.446 e. The SMILES string of the molecule is CC(OC(=O)NC([C]=O)Cc1ccccc1)C1CC1. The molecule has 0 aromatic heterocycles. The lowest BCUT2D eigenvalue weighted by Crippen LogP contribution is -2.39. The maximum absolute atomic E-state index is 11.6. The molecule has 0 heterocycles. The van der Waals surface area contributed by atoms with Gasteiger partial charge in [-0.05, 0) is 31.2 Å². The minimum atomic E-state index is -0.665. The summed E-state index contributed by atoms with van der Waals surface area (Å²) in [6.07, 6.45) is 3.87. The summed E-state index contributed by atoms with van der Waals surface area (Å²) in [5.41, 5.74) is 0.978. The van der Waals surface area contributed by atoms with Gasteiger partial charge in [0.2, 0.25) is 6.29 Å². The van der Waals surface area contributed by atoms with Gasteiger partial charge in [0.05, 0.1) is 0 Å². The standard InChI is InChI=1S/C15H18NO3/c1-11(13-7-8-13)19-15(18)16-14(10-17)9-12-5-3-2-4-6-12/h2-6,11,13-14H,7-9H2,1H3,(H,16,18). The van der Waals surface area contributed by atoms with Crippen LogP contribution in [-0.4, -0.2) is 24.5 Å². The molecule has 1 saturated carbocycles. The van der Waals surface area contributed by atoms with Crippen molar-refractivity contribution in [1.29, 1.82) is 0 Å². The van der Waals surface area contributed by atoms with Crippen LogP contribution in [-0.2, 0) is 16.0 Å². The van der Waals surface area contributed by atoms with Gasteiger partial charge in [0.15, 0.2) is 0 Å². The number of rotatable bonds is 6. The fourth-order valence-electron chi connectivity index (χ4n) is 1.98. The number of hydrogen-bond acceptors (Lipinski definition) is 3. The van der Waals surface area contributed by atoms with E-state index in [1.54, 1.807) is 0 Å². The predicted molar refractivity (Wildman–Crippen MR) is 71.4 cm³/mol. The number of benzene rings is 1. The molecule has 1 aliphatic rings. The molecule has 1 aromatic rings. The molecule has 0 spiro atoms. The van der Waals surface area contributed by atoms with Gasteiger partial charge in [-0.25, -0.2) is 4.79 Å². The monoisotopic (exact) mass is 260 g/mol. The molecule has 0 bridgehead atoms. The molecule has 1 N–H and O–H groups in total. The summed E-state index contributed by atoms with van der Waals surface area (Å²) in [5, 5.41) is 2.54. The van der Waals surface area contributed by atoms with Gasteiger partial charge in [0.25, 0.3) is 0 Å². The number of carbonyl (C=O) groups excluding carboxylic acids is 2. The highest BCUT2D eigenvalue weighted by Crippen LogP contribution is 2.33. The fraction of sp³-hybridized carbons (Fsp3) is 0.467. The van der Waals surface area contributed by atoms with Crippen LogP contribution >= 0.6 is 0 Å². The highest BCUT2D eigenvalue weighted by atomic mass is 16.6. The Balaban J connectivity index is 1.81. The minimum absolute atomic E-state index is 0.0796. The van der Waals surface area contributed by atoms with E-state index in [0.717, 1.165) is 18.4 Å². The largest absolute Gasteiger partial charge is 0.446 e. The first-order chi connectivity index (χ1) is 9.19. The molecule has 1 fully saturated rings. The Bertz CT molecular complexity index is 428. The Hall–Kier alpha value is -1.84. The second-order valence-corrected chi connectivity index (χ2v) is 4.95. The summed E-state index contributed by atoms with van der Waals surface area (Å²) in [6.45, 7) is 1.88. The number of ether oxygens (including phenoxy) is 1. The number of alkyl carbamates (subject to hydrolysis) is 1. The first kappa shape index (κ1) is 13.6. The van der Waals surface area contributed by atoms with E-state index in [9.17, 15) is 9.59 Å². The van der Waals surface area contributed by atoms with Gasteiger partial charge in [-0.3, -0.25) is 4.79 Å². The quantitative estimate of drug-likeness (QED) is 0.853. The number of amides is 1. The summed E-state index contributed by atoms with van der Waals surface area (Å²) in [6, 6.07) is 8.84. The van der Waals surface area contributed by atoms with E-state index >= 15 is 0 Å². The molecular formula is C15H18NO3. The molecule has 4 heteroatoms. The Morgan fingerprint density at radius 3 is 2.68 bits per heavy atom. The molecule has 1 aromatic carbocycles. The predicted octanol–water partition coefficient (Wildman–Crippen LogP) is 2.23. The van der Waals surface area contributed by atoms with Crippen molar-refractivity contribution in [3.05, 3.63) is 35.9 Å². The van der Waals surface area contributed by atoms with Crippen LogP contribution < -0.4 is 5.32 Å². The van der Waals surface area contributed by atoms with E-state index in [4.69, 9.17) is 4.74 Å². The Kier molecular flexibility index (Phi) is 4.55. The maximum Gasteiger partial charge on any atom is 0.408 e. The van der Waals surface area contributed by atoms with Crippen molar-refractivity contribution in [1.82, 2.24) is 5.32 Å². The molecular weight excluding hydrogens is 242 g/mol. The van der Waals surface area contributed by atoms with E-state index in [2.05, 4.69) is 5.32 Å². The maximum atomic E-state index is 11.6. The van der Waals surface area contributed by atoms with Crippen LogP contribution in [0.5, 0.6) is 0 Å². The van der Waals surface area contributed by atoms with Crippen molar-refractivity contribution in [3.63, 3.8) is 0 Å². The van der Waals surface area contributed by atoms with Crippen LogP contribution in [0.15, 0.2) is 30.3 Å². The Labute approximate surface area is 113 Å². The van der Waals surface area contributed by atoms with Gasteiger partial charge in [0.1, 0.15) is 12.1 Å². The van der Waals surface area contributed by atoms with Gasteiger partial charge in [-0.15, -0.1) is 0 Å². The van der Waals surface area contributed by atoms with Crippen LogP contribution in [0.1, 0.15) is 25.3 Å².